The lowest BCUT2D eigenvalue weighted by atomic mass is 9.94. The van der Waals surface area contributed by atoms with Gasteiger partial charge in [-0.3, -0.25) is 4.79 Å². The van der Waals surface area contributed by atoms with Crippen molar-refractivity contribution in [3.05, 3.63) is 35.4 Å². The molecule has 1 saturated heterocycles. The molecule has 1 fully saturated rings. The van der Waals surface area contributed by atoms with Crippen LogP contribution in [0.15, 0.2) is 24.3 Å². The lowest BCUT2D eigenvalue weighted by Gasteiger charge is -2.30. The number of carbonyl (C=O) groups excluding carboxylic acids is 1. The van der Waals surface area contributed by atoms with Crippen LogP contribution in [0.3, 0.4) is 0 Å². The molecule has 0 aromatic heterocycles. The van der Waals surface area contributed by atoms with E-state index in [1.165, 1.54) is 5.56 Å². The smallest absolute Gasteiger partial charge is 0.224 e. The average molecular weight is 246 g/mol. The van der Waals surface area contributed by atoms with Gasteiger partial charge in [0, 0.05) is 12.6 Å². The van der Waals surface area contributed by atoms with Crippen LogP contribution in [-0.4, -0.2) is 25.0 Å². The molecule has 0 bridgehead atoms. The largest absolute Gasteiger partial charge is 0.352 e. The van der Waals surface area contributed by atoms with Gasteiger partial charge in [0.05, 0.1) is 6.42 Å². The summed E-state index contributed by atoms with van der Waals surface area (Å²) < 4.78 is 0. The zero-order chi connectivity index (χ0) is 13.0. The van der Waals surface area contributed by atoms with Gasteiger partial charge >= 0.3 is 0 Å². The van der Waals surface area contributed by atoms with Crippen LogP contribution in [-0.2, 0) is 11.2 Å². The highest BCUT2D eigenvalue weighted by atomic mass is 16.1. The monoisotopic (exact) mass is 246 g/mol. The lowest BCUT2D eigenvalue weighted by Crippen LogP contribution is -2.50. The molecular formula is C15H22N2O. The quantitative estimate of drug-likeness (QED) is 0.851. The van der Waals surface area contributed by atoms with Crippen LogP contribution in [0, 0.1) is 12.8 Å². The number of aryl methyl sites for hydroxylation is 1. The molecule has 1 aromatic carbocycles. The maximum Gasteiger partial charge on any atom is 0.224 e. The van der Waals surface area contributed by atoms with E-state index in [-0.39, 0.29) is 11.9 Å². The summed E-state index contributed by atoms with van der Waals surface area (Å²) in [6.07, 6.45) is 1.61. The molecule has 0 saturated carbocycles. The van der Waals surface area contributed by atoms with Crippen LogP contribution in [0.2, 0.25) is 0 Å². The van der Waals surface area contributed by atoms with Gasteiger partial charge in [-0.2, -0.15) is 0 Å². The first kappa shape index (κ1) is 13.1. The molecule has 1 amide bonds. The first-order chi connectivity index (χ1) is 8.65. The molecule has 1 aliphatic heterocycles. The van der Waals surface area contributed by atoms with E-state index in [0.29, 0.717) is 12.3 Å². The zero-order valence-corrected chi connectivity index (χ0v) is 11.2. The van der Waals surface area contributed by atoms with Gasteiger partial charge in [-0.25, -0.2) is 0 Å². The van der Waals surface area contributed by atoms with Crippen molar-refractivity contribution in [1.29, 1.82) is 0 Å². The van der Waals surface area contributed by atoms with Gasteiger partial charge in [-0.1, -0.05) is 36.8 Å². The fourth-order valence-electron chi connectivity index (χ4n) is 2.33. The molecule has 0 aliphatic carbocycles. The summed E-state index contributed by atoms with van der Waals surface area (Å²) in [5.74, 6) is 0.688. The predicted octanol–water partition coefficient (Wildman–Crippen LogP) is 1.65. The Morgan fingerprint density at radius 2 is 2.11 bits per heavy atom. The van der Waals surface area contributed by atoms with Crippen LogP contribution in [0.1, 0.15) is 24.5 Å². The van der Waals surface area contributed by atoms with E-state index in [9.17, 15) is 4.79 Å². The Labute approximate surface area is 109 Å². The first-order valence-corrected chi connectivity index (χ1v) is 6.71. The molecule has 2 N–H and O–H groups in total. The van der Waals surface area contributed by atoms with Crippen molar-refractivity contribution >= 4 is 5.91 Å². The van der Waals surface area contributed by atoms with Crippen molar-refractivity contribution < 1.29 is 4.79 Å². The fourth-order valence-corrected chi connectivity index (χ4v) is 2.33. The Morgan fingerprint density at radius 3 is 2.78 bits per heavy atom. The molecule has 2 unspecified atom stereocenters. The van der Waals surface area contributed by atoms with Crippen molar-refractivity contribution in [1.82, 2.24) is 10.6 Å². The SMILES string of the molecule is Cc1ccc(CC(=O)NC2CNCCC2C)cc1. The van der Waals surface area contributed by atoms with Crippen molar-refractivity contribution in [2.75, 3.05) is 13.1 Å². The number of nitrogens with one attached hydrogen (secondary N) is 2. The molecule has 0 radical (unpaired) electrons. The number of hydrogen-bond donors (Lipinski definition) is 2. The van der Waals surface area contributed by atoms with Crippen molar-refractivity contribution in [3.63, 3.8) is 0 Å². The number of hydrogen-bond acceptors (Lipinski definition) is 2. The van der Waals surface area contributed by atoms with E-state index in [1.54, 1.807) is 0 Å². The molecular weight excluding hydrogens is 224 g/mol. The number of amides is 1. The third-order valence-electron chi connectivity index (χ3n) is 3.66. The number of piperidine rings is 1. The van der Waals surface area contributed by atoms with Gasteiger partial charge in [-0.05, 0) is 31.4 Å². The highest BCUT2D eigenvalue weighted by molar-refractivity contribution is 5.78. The third kappa shape index (κ3) is 3.57. The van der Waals surface area contributed by atoms with E-state index in [1.807, 2.05) is 24.3 Å². The Hall–Kier alpha value is -1.35. The molecule has 98 valence electrons. The number of carbonyl (C=O) groups is 1. The first-order valence-electron chi connectivity index (χ1n) is 6.71. The minimum Gasteiger partial charge on any atom is -0.352 e. The fraction of sp³-hybridized carbons (Fsp3) is 0.533. The molecule has 0 spiro atoms. The molecule has 2 atom stereocenters. The van der Waals surface area contributed by atoms with E-state index in [0.717, 1.165) is 25.1 Å². The standard InChI is InChI=1S/C15H22N2O/c1-11-3-5-13(6-4-11)9-15(18)17-14-10-16-8-7-12(14)2/h3-6,12,14,16H,7-10H2,1-2H3,(H,17,18). The van der Waals surface area contributed by atoms with E-state index in [2.05, 4.69) is 24.5 Å². The molecule has 1 heterocycles. The van der Waals surface area contributed by atoms with Crippen LogP contribution >= 0.6 is 0 Å². The van der Waals surface area contributed by atoms with Gasteiger partial charge < -0.3 is 10.6 Å². The number of benzene rings is 1. The molecule has 3 heteroatoms. The number of rotatable bonds is 3. The maximum absolute atomic E-state index is 12.0. The summed E-state index contributed by atoms with van der Waals surface area (Å²) in [6, 6.07) is 8.42. The van der Waals surface area contributed by atoms with Crippen LogP contribution < -0.4 is 10.6 Å². The van der Waals surface area contributed by atoms with Gasteiger partial charge in [0.2, 0.25) is 5.91 Å². The second-order valence-electron chi connectivity index (χ2n) is 5.31. The highest BCUT2D eigenvalue weighted by Gasteiger charge is 2.22. The van der Waals surface area contributed by atoms with Crippen molar-refractivity contribution in [2.45, 2.75) is 32.7 Å². The Bertz CT molecular complexity index is 399. The topological polar surface area (TPSA) is 41.1 Å². The van der Waals surface area contributed by atoms with Crippen molar-refractivity contribution in [2.24, 2.45) is 5.92 Å². The van der Waals surface area contributed by atoms with E-state index < -0.39 is 0 Å². The minimum absolute atomic E-state index is 0.124. The zero-order valence-electron chi connectivity index (χ0n) is 11.2. The second kappa shape index (κ2) is 6.01. The van der Waals surface area contributed by atoms with Crippen LogP contribution in [0.4, 0.5) is 0 Å². The van der Waals surface area contributed by atoms with Gasteiger partial charge in [0.1, 0.15) is 0 Å². The van der Waals surface area contributed by atoms with E-state index >= 15 is 0 Å². The normalized spacial score (nSPS) is 23.7. The summed E-state index contributed by atoms with van der Waals surface area (Å²) in [5.41, 5.74) is 2.30. The highest BCUT2D eigenvalue weighted by Crippen LogP contribution is 2.11. The Morgan fingerprint density at radius 1 is 1.39 bits per heavy atom. The maximum atomic E-state index is 12.0. The average Bonchev–Trinajstić information content (AvgIpc) is 2.35. The molecule has 2 rings (SSSR count). The third-order valence-corrected chi connectivity index (χ3v) is 3.66. The predicted molar refractivity (Wildman–Crippen MR) is 73.5 cm³/mol. The summed E-state index contributed by atoms with van der Waals surface area (Å²) in [7, 11) is 0. The lowest BCUT2D eigenvalue weighted by molar-refractivity contribution is -0.121. The van der Waals surface area contributed by atoms with Gasteiger partial charge in [0.25, 0.3) is 0 Å². The molecule has 1 aliphatic rings. The summed E-state index contributed by atoms with van der Waals surface area (Å²) >= 11 is 0. The minimum atomic E-state index is 0.124. The molecule has 18 heavy (non-hydrogen) atoms. The summed E-state index contributed by atoms with van der Waals surface area (Å²) in [6.45, 7) is 6.21. The summed E-state index contributed by atoms with van der Waals surface area (Å²) in [4.78, 5) is 12.0. The Balaban J connectivity index is 1.86. The summed E-state index contributed by atoms with van der Waals surface area (Å²) in [5, 5.41) is 6.46. The van der Waals surface area contributed by atoms with Gasteiger partial charge in [-0.15, -0.1) is 0 Å². The molecule has 1 aromatic rings. The molecule has 3 nitrogen and oxygen atoms in total. The van der Waals surface area contributed by atoms with Crippen molar-refractivity contribution in [3.8, 4) is 0 Å². The van der Waals surface area contributed by atoms with Crippen LogP contribution in [0.5, 0.6) is 0 Å². The second-order valence-corrected chi connectivity index (χ2v) is 5.31. The van der Waals surface area contributed by atoms with Crippen LogP contribution in [0.25, 0.3) is 0 Å². The van der Waals surface area contributed by atoms with E-state index in [4.69, 9.17) is 0 Å². The Kier molecular flexibility index (Phi) is 4.37. The van der Waals surface area contributed by atoms with Gasteiger partial charge in [0.15, 0.2) is 0 Å².